The van der Waals surface area contributed by atoms with Crippen molar-refractivity contribution in [2.75, 3.05) is 12.4 Å². The Morgan fingerprint density at radius 1 is 1.53 bits per heavy atom. The lowest BCUT2D eigenvalue weighted by Gasteiger charge is -2.10. The Balaban J connectivity index is 2.17. The summed E-state index contributed by atoms with van der Waals surface area (Å²) in [6.45, 7) is 0.490. The van der Waals surface area contributed by atoms with E-state index in [1.54, 1.807) is 10.9 Å². The SMILES string of the molecule is COC(=O)c1cc(F)ccc1NCc1cnn(C)c1. The van der Waals surface area contributed by atoms with Crippen molar-refractivity contribution >= 4 is 11.7 Å². The van der Waals surface area contributed by atoms with Gasteiger partial charge in [0.15, 0.2) is 0 Å². The first kappa shape index (κ1) is 13.1. The van der Waals surface area contributed by atoms with Crippen LogP contribution in [0.4, 0.5) is 10.1 Å². The number of carbonyl (C=O) groups excluding carboxylic acids is 1. The maximum Gasteiger partial charge on any atom is 0.340 e. The average molecular weight is 263 g/mol. The van der Waals surface area contributed by atoms with Crippen LogP contribution in [0.5, 0.6) is 0 Å². The number of anilines is 1. The molecule has 0 aliphatic rings. The highest BCUT2D eigenvalue weighted by molar-refractivity contribution is 5.95. The van der Waals surface area contributed by atoms with Crippen molar-refractivity contribution < 1.29 is 13.9 Å². The Labute approximate surface area is 110 Å². The second-order valence-corrected chi connectivity index (χ2v) is 4.06. The van der Waals surface area contributed by atoms with E-state index in [9.17, 15) is 9.18 Å². The minimum atomic E-state index is -0.576. The van der Waals surface area contributed by atoms with Crippen LogP contribution in [0.15, 0.2) is 30.6 Å². The number of esters is 1. The second kappa shape index (κ2) is 5.51. The molecule has 100 valence electrons. The van der Waals surface area contributed by atoms with Gasteiger partial charge in [0.05, 0.1) is 18.9 Å². The number of nitrogens with zero attached hydrogens (tertiary/aromatic N) is 2. The van der Waals surface area contributed by atoms with E-state index in [0.29, 0.717) is 12.2 Å². The van der Waals surface area contributed by atoms with Crippen molar-refractivity contribution in [3.8, 4) is 0 Å². The number of aryl methyl sites for hydroxylation is 1. The monoisotopic (exact) mass is 263 g/mol. The number of halogens is 1. The van der Waals surface area contributed by atoms with Gasteiger partial charge in [0, 0.05) is 31.0 Å². The number of hydrogen-bond acceptors (Lipinski definition) is 4. The fraction of sp³-hybridized carbons (Fsp3) is 0.231. The van der Waals surface area contributed by atoms with Gasteiger partial charge in [0.1, 0.15) is 5.82 Å². The predicted octanol–water partition coefficient (Wildman–Crippen LogP) is 1.96. The van der Waals surface area contributed by atoms with E-state index >= 15 is 0 Å². The molecule has 1 aromatic heterocycles. The van der Waals surface area contributed by atoms with Crippen LogP contribution in [0, 0.1) is 5.82 Å². The van der Waals surface area contributed by atoms with Gasteiger partial charge in [-0.3, -0.25) is 4.68 Å². The Hall–Kier alpha value is -2.37. The molecule has 1 N–H and O–H groups in total. The Morgan fingerprint density at radius 3 is 2.95 bits per heavy atom. The minimum Gasteiger partial charge on any atom is -0.465 e. The van der Waals surface area contributed by atoms with E-state index < -0.39 is 11.8 Å². The number of hydrogen-bond donors (Lipinski definition) is 1. The first-order chi connectivity index (χ1) is 9.10. The van der Waals surface area contributed by atoms with Gasteiger partial charge in [0.2, 0.25) is 0 Å². The summed E-state index contributed by atoms with van der Waals surface area (Å²) in [6.07, 6.45) is 3.57. The van der Waals surface area contributed by atoms with Crippen LogP contribution < -0.4 is 5.32 Å². The van der Waals surface area contributed by atoms with Gasteiger partial charge in [-0.05, 0) is 18.2 Å². The van der Waals surface area contributed by atoms with E-state index in [1.165, 1.54) is 19.2 Å². The lowest BCUT2D eigenvalue weighted by Crippen LogP contribution is -2.08. The summed E-state index contributed by atoms with van der Waals surface area (Å²) < 4.78 is 19.5. The lowest BCUT2D eigenvalue weighted by atomic mass is 10.1. The molecule has 6 heteroatoms. The molecule has 0 spiro atoms. The van der Waals surface area contributed by atoms with Gasteiger partial charge < -0.3 is 10.1 Å². The summed E-state index contributed by atoms with van der Waals surface area (Å²) in [4.78, 5) is 11.6. The standard InChI is InChI=1S/C13H14FN3O2/c1-17-8-9(7-16-17)6-15-12-4-3-10(14)5-11(12)13(18)19-2/h3-5,7-8,15H,6H2,1-2H3. The number of nitrogens with one attached hydrogen (secondary N) is 1. The first-order valence-electron chi connectivity index (χ1n) is 5.69. The maximum absolute atomic E-state index is 13.2. The molecule has 1 heterocycles. The zero-order valence-corrected chi connectivity index (χ0v) is 10.7. The van der Waals surface area contributed by atoms with E-state index in [1.807, 2.05) is 13.2 Å². The largest absolute Gasteiger partial charge is 0.465 e. The van der Waals surface area contributed by atoms with Crippen molar-refractivity contribution in [2.45, 2.75) is 6.54 Å². The van der Waals surface area contributed by atoms with Gasteiger partial charge in [-0.2, -0.15) is 5.10 Å². The fourth-order valence-corrected chi connectivity index (χ4v) is 1.71. The van der Waals surface area contributed by atoms with Crippen molar-refractivity contribution in [3.63, 3.8) is 0 Å². The molecular weight excluding hydrogens is 249 g/mol. The van der Waals surface area contributed by atoms with Crippen LogP contribution in [-0.2, 0) is 18.3 Å². The summed E-state index contributed by atoms with van der Waals surface area (Å²) in [7, 11) is 3.08. The van der Waals surface area contributed by atoms with E-state index in [2.05, 4.69) is 15.2 Å². The number of benzene rings is 1. The molecule has 0 saturated carbocycles. The summed E-state index contributed by atoms with van der Waals surface area (Å²) in [5.74, 6) is -1.06. The highest BCUT2D eigenvalue weighted by atomic mass is 19.1. The summed E-state index contributed by atoms with van der Waals surface area (Å²) >= 11 is 0. The fourth-order valence-electron chi connectivity index (χ4n) is 1.71. The first-order valence-corrected chi connectivity index (χ1v) is 5.69. The second-order valence-electron chi connectivity index (χ2n) is 4.06. The zero-order valence-electron chi connectivity index (χ0n) is 10.7. The van der Waals surface area contributed by atoms with Crippen molar-refractivity contribution in [2.24, 2.45) is 7.05 Å². The molecule has 0 aliphatic heterocycles. The third kappa shape index (κ3) is 3.09. The van der Waals surface area contributed by atoms with Gasteiger partial charge >= 0.3 is 5.97 Å². The van der Waals surface area contributed by atoms with Crippen LogP contribution in [0.25, 0.3) is 0 Å². The van der Waals surface area contributed by atoms with Crippen LogP contribution >= 0.6 is 0 Å². The molecule has 0 unspecified atom stereocenters. The number of rotatable bonds is 4. The van der Waals surface area contributed by atoms with Gasteiger partial charge in [-0.15, -0.1) is 0 Å². The number of ether oxygens (including phenoxy) is 1. The van der Waals surface area contributed by atoms with Crippen molar-refractivity contribution in [1.29, 1.82) is 0 Å². The predicted molar refractivity (Wildman–Crippen MR) is 68.3 cm³/mol. The quantitative estimate of drug-likeness (QED) is 0.857. The van der Waals surface area contributed by atoms with Crippen molar-refractivity contribution in [3.05, 3.63) is 47.5 Å². The summed E-state index contributed by atoms with van der Waals surface area (Å²) in [5, 5.41) is 7.11. The Morgan fingerprint density at radius 2 is 2.32 bits per heavy atom. The van der Waals surface area contributed by atoms with Gasteiger partial charge in [-0.1, -0.05) is 0 Å². The third-order valence-electron chi connectivity index (χ3n) is 2.63. The van der Waals surface area contributed by atoms with Crippen LogP contribution in [0.1, 0.15) is 15.9 Å². The highest BCUT2D eigenvalue weighted by Crippen LogP contribution is 2.19. The summed E-state index contributed by atoms with van der Waals surface area (Å²) in [6, 6.07) is 3.95. The minimum absolute atomic E-state index is 0.173. The van der Waals surface area contributed by atoms with Crippen LogP contribution in [0.3, 0.4) is 0 Å². The molecule has 19 heavy (non-hydrogen) atoms. The lowest BCUT2D eigenvalue weighted by molar-refractivity contribution is 0.0601. The van der Waals surface area contributed by atoms with E-state index in [0.717, 1.165) is 11.6 Å². The Bertz CT molecular complexity index is 595. The van der Waals surface area contributed by atoms with E-state index in [4.69, 9.17) is 0 Å². The molecule has 1 aromatic carbocycles. The van der Waals surface area contributed by atoms with Crippen molar-refractivity contribution in [1.82, 2.24) is 9.78 Å². The molecule has 0 aliphatic carbocycles. The highest BCUT2D eigenvalue weighted by Gasteiger charge is 2.13. The molecule has 0 atom stereocenters. The third-order valence-corrected chi connectivity index (χ3v) is 2.63. The normalized spacial score (nSPS) is 10.3. The topological polar surface area (TPSA) is 56.1 Å². The molecule has 2 rings (SSSR count). The van der Waals surface area contributed by atoms with Gasteiger partial charge in [-0.25, -0.2) is 9.18 Å². The molecule has 5 nitrogen and oxygen atoms in total. The number of carbonyl (C=O) groups is 1. The molecule has 0 amide bonds. The smallest absolute Gasteiger partial charge is 0.340 e. The van der Waals surface area contributed by atoms with Gasteiger partial charge in [0.25, 0.3) is 0 Å². The number of aromatic nitrogens is 2. The summed E-state index contributed by atoms with van der Waals surface area (Å²) in [5.41, 5.74) is 1.66. The molecular formula is C13H14FN3O2. The molecule has 0 fully saturated rings. The van der Waals surface area contributed by atoms with Crippen LogP contribution in [-0.4, -0.2) is 22.9 Å². The maximum atomic E-state index is 13.2. The number of methoxy groups -OCH3 is 1. The van der Waals surface area contributed by atoms with Crippen LogP contribution in [0.2, 0.25) is 0 Å². The Kier molecular flexibility index (Phi) is 3.79. The molecule has 0 bridgehead atoms. The van der Waals surface area contributed by atoms with E-state index in [-0.39, 0.29) is 5.56 Å². The molecule has 2 aromatic rings. The zero-order chi connectivity index (χ0) is 13.8. The molecule has 0 saturated heterocycles. The average Bonchev–Trinajstić information content (AvgIpc) is 2.82. The molecule has 0 radical (unpaired) electrons.